The van der Waals surface area contributed by atoms with Gasteiger partial charge in [0.15, 0.2) is 5.72 Å². The number of carbonyl (C=O) groups is 3. The first-order chi connectivity index (χ1) is 13.3. The summed E-state index contributed by atoms with van der Waals surface area (Å²) < 4.78 is 11.1. The average molecular weight is 389 g/mol. The van der Waals surface area contributed by atoms with Gasteiger partial charge in [-0.25, -0.2) is 0 Å². The van der Waals surface area contributed by atoms with E-state index in [0.717, 1.165) is 5.56 Å². The second-order valence-corrected chi connectivity index (χ2v) is 7.54. The summed E-state index contributed by atoms with van der Waals surface area (Å²) in [7, 11) is 1.57. The minimum Gasteiger partial charge on any atom is -0.467 e. The van der Waals surface area contributed by atoms with E-state index in [1.165, 1.54) is 4.90 Å². The van der Waals surface area contributed by atoms with Gasteiger partial charge < -0.3 is 25.0 Å². The van der Waals surface area contributed by atoms with Gasteiger partial charge in [0.25, 0.3) is 5.91 Å². The van der Waals surface area contributed by atoms with E-state index in [4.69, 9.17) is 9.47 Å². The number of amides is 3. The molecule has 1 aromatic carbocycles. The highest BCUT2D eigenvalue weighted by molar-refractivity contribution is 5.98. The van der Waals surface area contributed by atoms with Gasteiger partial charge in [0.05, 0.1) is 18.7 Å². The van der Waals surface area contributed by atoms with E-state index in [-0.39, 0.29) is 36.7 Å². The van der Waals surface area contributed by atoms with Crippen molar-refractivity contribution in [3.05, 3.63) is 29.3 Å². The van der Waals surface area contributed by atoms with Gasteiger partial charge in [-0.15, -0.1) is 0 Å². The third kappa shape index (κ3) is 4.44. The van der Waals surface area contributed by atoms with Crippen molar-refractivity contribution in [2.75, 3.05) is 26.8 Å². The van der Waals surface area contributed by atoms with Crippen molar-refractivity contribution in [3.8, 4) is 5.75 Å². The van der Waals surface area contributed by atoms with E-state index in [2.05, 4.69) is 10.6 Å². The molecule has 0 bridgehead atoms. The van der Waals surface area contributed by atoms with E-state index in [1.54, 1.807) is 19.2 Å². The predicted molar refractivity (Wildman–Crippen MR) is 102 cm³/mol. The van der Waals surface area contributed by atoms with Gasteiger partial charge in [-0.05, 0) is 26.0 Å². The second kappa shape index (κ2) is 8.18. The Kier molecular flexibility index (Phi) is 5.88. The van der Waals surface area contributed by atoms with Gasteiger partial charge in [-0.2, -0.15) is 0 Å². The topological polar surface area (TPSA) is 97.0 Å². The molecule has 1 saturated heterocycles. The molecule has 0 radical (unpaired) electrons. The lowest BCUT2D eigenvalue weighted by Gasteiger charge is -2.38. The lowest BCUT2D eigenvalue weighted by Crippen LogP contribution is -2.56. The molecule has 1 aromatic rings. The molecule has 1 spiro atoms. The number of aryl methyl sites for hydroxylation is 1. The third-order valence-corrected chi connectivity index (χ3v) is 5.07. The number of hydrogen-bond acceptors (Lipinski definition) is 5. The van der Waals surface area contributed by atoms with E-state index in [9.17, 15) is 14.4 Å². The number of carbonyl (C=O) groups excluding carboxylic acids is 3. The molecule has 152 valence electrons. The van der Waals surface area contributed by atoms with Gasteiger partial charge in [0.2, 0.25) is 11.8 Å². The summed E-state index contributed by atoms with van der Waals surface area (Å²) >= 11 is 0. The van der Waals surface area contributed by atoms with E-state index < -0.39 is 5.72 Å². The fourth-order valence-electron chi connectivity index (χ4n) is 3.63. The van der Waals surface area contributed by atoms with Crippen LogP contribution < -0.4 is 15.4 Å². The molecule has 1 fully saturated rings. The Morgan fingerprint density at radius 2 is 2.18 bits per heavy atom. The molecule has 0 aliphatic carbocycles. The molecule has 2 N–H and O–H groups in total. The fourth-order valence-corrected chi connectivity index (χ4v) is 3.63. The van der Waals surface area contributed by atoms with Crippen molar-refractivity contribution >= 4 is 17.7 Å². The van der Waals surface area contributed by atoms with Crippen molar-refractivity contribution in [1.29, 1.82) is 0 Å². The Hall–Kier alpha value is -2.61. The molecule has 3 amide bonds. The molecule has 3 rings (SSSR count). The van der Waals surface area contributed by atoms with Gasteiger partial charge in [0.1, 0.15) is 5.75 Å². The molecule has 0 saturated carbocycles. The monoisotopic (exact) mass is 389 g/mol. The van der Waals surface area contributed by atoms with Crippen molar-refractivity contribution in [1.82, 2.24) is 15.5 Å². The highest BCUT2D eigenvalue weighted by atomic mass is 16.5. The molecule has 2 heterocycles. The number of nitrogens with zero attached hydrogens (tertiary/aromatic N) is 1. The van der Waals surface area contributed by atoms with Crippen molar-refractivity contribution in [3.63, 3.8) is 0 Å². The minimum absolute atomic E-state index is 0.0211. The maximum atomic E-state index is 12.6. The van der Waals surface area contributed by atoms with Crippen molar-refractivity contribution < 1.29 is 23.9 Å². The van der Waals surface area contributed by atoms with Crippen LogP contribution in [0.4, 0.5) is 0 Å². The number of benzene rings is 1. The number of likely N-dealkylation sites (tertiary alicyclic amines) is 1. The summed E-state index contributed by atoms with van der Waals surface area (Å²) in [4.78, 5) is 38.8. The molecule has 28 heavy (non-hydrogen) atoms. The maximum absolute atomic E-state index is 12.6. The number of rotatable bonds is 5. The molecule has 2 atom stereocenters. The van der Waals surface area contributed by atoms with Crippen LogP contribution in [0.3, 0.4) is 0 Å². The third-order valence-electron chi connectivity index (χ3n) is 5.07. The van der Waals surface area contributed by atoms with E-state index in [0.29, 0.717) is 37.3 Å². The first-order valence-corrected chi connectivity index (χ1v) is 9.50. The Bertz CT molecular complexity index is 781. The van der Waals surface area contributed by atoms with Crippen LogP contribution in [0.25, 0.3) is 0 Å². The molecule has 0 aromatic heterocycles. The first kappa shape index (κ1) is 20.1. The average Bonchev–Trinajstić information content (AvgIpc) is 2.77. The molecule has 2 aliphatic heterocycles. The summed E-state index contributed by atoms with van der Waals surface area (Å²) in [5.41, 5.74) is 0.553. The number of hydrogen-bond donors (Lipinski definition) is 2. The van der Waals surface area contributed by atoms with Crippen LogP contribution in [0, 0.1) is 6.92 Å². The Labute approximate surface area is 164 Å². The maximum Gasteiger partial charge on any atom is 0.258 e. The number of methoxy groups -OCH3 is 1. The molecule has 2 aliphatic rings. The van der Waals surface area contributed by atoms with Gasteiger partial charge in [-0.3, -0.25) is 14.4 Å². The molecule has 2 unspecified atom stereocenters. The Morgan fingerprint density at radius 3 is 2.93 bits per heavy atom. The summed E-state index contributed by atoms with van der Waals surface area (Å²) in [5.74, 6) is -0.0272. The molecular weight excluding hydrogens is 362 g/mol. The largest absolute Gasteiger partial charge is 0.467 e. The van der Waals surface area contributed by atoms with Crippen molar-refractivity contribution in [2.45, 2.75) is 44.9 Å². The summed E-state index contributed by atoms with van der Waals surface area (Å²) in [5, 5.41) is 5.75. The second-order valence-electron chi connectivity index (χ2n) is 7.54. The van der Waals surface area contributed by atoms with Crippen LogP contribution in [0.5, 0.6) is 5.75 Å². The van der Waals surface area contributed by atoms with Crippen LogP contribution in [0.1, 0.15) is 42.1 Å². The quantitative estimate of drug-likeness (QED) is 0.782. The fraction of sp³-hybridized carbons (Fsp3) is 0.550. The zero-order valence-corrected chi connectivity index (χ0v) is 16.5. The smallest absolute Gasteiger partial charge is 0.258 e. The number of nitrogens with one attached hydrogen (secondary N) is 2. The predicted octanol–water partition coefficient (Wildman–Crippen LogP) is 0.977. The molecule has 8 nitrogen and oxygen atoms in total. The summed E-state index contributed by atoms with van der Waals surface area (Å²) in [6.45, 7) is 4.46. The Balaban J connectivity index is 1.67. The standard InChI is InChI=1S/C20H27N3O5/c1-13-4-5-16-15(10-13)19(26)22-20(28-16)7-6-18(25)23(9-8-20)11-17(24)21-14(2)12-27-3/h4-5,10,14H,6-9,11-12H2,1-3H3,(H,21,24)(H,22,26). The van der Waals surface area contributed by atoms with Crippen LogP contribution >= 0.6 is 0 Å². The zero-order chi connectivity index (χ0) is 20.3. The minimum atomic E-state index is -0.927. The van der Waals surface area contributed by atoms with E-state index >= 15 is 0 Å². The Morgan fingerprint density at radius 1 is 1.39 bits per heavy atom. The lowest BCUT2D eigenvalue weighted by molar-refractivity contribution is -0.135. The summed E-state index contributed by atoms with van der Waals surface area (Å²) in [6.07, 6.45) is 0.976. The normalized spacial score (nSPS) is 22.8. The SMILES string of the molecule is COCC(C)NC(=O)CN1CCC2(CCC1=O)NC(=O)c1cc(C)ccc1O2. The van der Waals surface area contributed by atoms with Gasteiger partial charge in [-0.1, -0.05) is 11.6 Å². The molecular formula is C20H27N3O5. The molecule has 8 heteroatoms. The lowest BCUT2D eigenvalue weighted by atomic mass is 9.99. The zero-order valence-electron chi connectivity index (χ0n) is 16.5. The highest BCUT2D eigenvalue weighted by Crippen LogP contribution is 2.34. The van der Waals surface area contributed by atoms with E-state index in [1.807, 2.05) is 19.9 Å². The van der Waals surface area contributed by atoms with Crippen LogP contribution in [-0.4, -0.2) is 61.2 Å². The van der Waals surface area contributed by atoms with Crippen LogP contribution in [0.2, 0.25) is 0 Å². The van der Waals surface area contributed by atoms with Gasteiger partial charge >= 0.3 is 0 Å². The number of ether oxygens (including phenoxy) is 2. The number of fused-ring (bicyclic) bond motifs is 1. The highest BCUT2D eigenvalue weighted by Gasteiger charge is 2.42. The first-order valence-electron chi connectivity index (χ1n) is 9.50. The van der Waals surface area contributed by atoms with Crippen LogP contribution in [0.15, 0.2) is 18.2 Å². The van der Waals surface area contributed by atoms with Crippen molar-refractivity contribution in [2.24, 2.45) is 0 Å². The van der Waals surface area contributed by atoms with Crippen LogP contribution in [-0.2, 0) is 14.3 Å². The summed E-state index contributed by atoms with van der Waals surface area (Å²) in [6, 6.07) is 5.34. The van der Waals surface area contributed by atoms with Gasteiger partial charge in [0, 0.05) is 39.0 Å².